The summed E-state index contributed by atoms with van der Waals surface area (Å²) < 4.78 is 10.2. The summed E-state index contributed by atoms with van der Waals surface area (Å²) in [7, 11) is 0. The summed E-state index contributed by atoms with van der Waals surface area (Å²) in [5.74, 6) is -1.15. The lowest BCUT2D eigenvalue weighted by Crippen LogP contribution is -2.28. The van der Waals surface area contributed by atoms with E-state index in [1.165, 1.54) is 0 Å². The number of rotatable bonds is 3. The minimum atomic E-state index is -1.04. The summed E-state index contributed by atoms with van der Waals surface area (Å²) in [5, 5.41) is 8.73. The van der Waals surface area contributed by atoms with Crippen molar-refractivity contribution < 1.29 is 24.2 Å². The van der Waals surface area contributed by atoms with Crippen LogP contribution in [-0.4, -0.2) is 29.3 Å². The first-order valence-corrected chi connectivity index (χ1v) is 5.32. The molecule has 90 valence electrons. The van der Waals surface area contributed by atoms with E-state index < -0.39 is 24.1 Å². The zero-order chi connectivity index (χ0) is 12.3. The zero-order valence-corrected chi connectivity index (χ0v) is 9.04. The van der Waals surface area contributed by atoms with Crippen molar-refractivity contribution in [2.24, 2.45) is 0 Å². The van der Waals surface area contributed by atoms with Gasteiger partial charge in [0.15, 0.2) is 12.2 Å². The van der Waals surface area contributed by atoms with Crippen molar-refractivity contribution in [1.29, 1.82) is 0 Å². The lowest BCUT2D eigenvalue weighted by atomic mass is 10.2. The van der Waals surface area contributed by atoms with Gasteiger partial charge in [-0.25, -0.2) is 9.59 Å². The van der Waals surface area contributed by atoms with Gasteiger partial charge >= 0.3 is 11.9 Å². The van der Waals surface area contributed by atoms with Crippen LogP contribution in [-0.2, 0) is 14.3 Å². The Morgan fingerprint density at radius 3 is 2.41 bits per heavy atom. The lowest BCUT2D eigenvalue weighted by Gasteiger charge is -2.10. The van der Waals surface area contributed by atoms with E-state index in [-0.39, 0.29) is 0 Å². The van der Waals surface area contributed by atoms with Crippen LogP contribution in [0.5, 0.6) is 5.75 Å². The summed E-state index contributed by atoms with van der Waals surface area (Å²) in [4.78, 5) is 22.3. The average molecular weight is 236 g/mol. The number of benzene rings is 1. The van der Waals surface area contributed by atoms with Crippen molar-refractivity contribution in [3.8, 4) is 5.75 Å². The third-order valence-corrected chi connectivity index (χ3v) is 2.52. The number of carbonyl (C=O) groups excluding carboxylic acids is 1. The quantitative estimate of drug-likeness (QED) is 0.631. The number of hydrogen-bond acceptors (Lipinski definition) is 4. The molecule has 0 amide bonds. The second-order valence-corrected chi connectivity index (χ2v) is 3.76. The molecule has 1 N–H and O–H groups in total. The van der Waals surface area contributed by atoms with E-state index in [2.05, 4.69) is 0 Å². The van der Waals surface area contributed by atoms with Crippen LogP contribution in [0, 0.1) is 0 Å². The Morgan fingerprint density at radius 1 is 1.18 bits per heavy atom. The maximum Gasteiger partial charge on any atom is 0.340 e. The maximum atomic E-state index is 11.6. The number of carboxylic acid groups (broad SMARTS) is 1. The van der Waals surface area contributed by atoms with Crippen LogP contribution in [0.2, 0.25) is 0 Å². The molecular weight excluding hydrogens is 224 g/mol. The molecule has 0 saturated carbocycles. The molecule has 0 aliphatic carbocycles. The summed E-state index contributed by atoms with van der Waals surface area (Å²) in [6.07, 6.45) is -0.966. The molecule has 0 aromatic heterocycles. The molecule has 0 bridgehead atoms. The molecular formula is C12H12O5. The van der Waals surface area contributed by atoms with Gasteiger partial charge in [-0.3, -0.25) is 0 Å². The first-order valence-electron chi connectivity index (χ1n) is 5.32. The third-order valence-electron chi connectivity index (χ3n) is 2.52. The van der Waals surface area contributed by atoms with Crippen molar-refractivity contribution in [3.05, 3.63) is 30.3 Å². The molecule has 5 heteroatoms. The highest BCUT2D eigenvalue weighted by Crippen LogP contribution is 2.22. The Morgan fingerprint density at radius 2 is 1.82 bits per heavy atom. The van der Waals surface area contributed by atoms with E-state index in [9.17, 15) is 9.59 Å². The largest absolute Gasteiger partial charge is 0.479 e. The van der Waals surface area contributed by atoms with Gasteiger partial charge in [-0.15, -0.1) is 0 Å². The molecule has 1 saturated heterocycles. The van der Waals surface area contributed by atoms with Crippen LogP contribution in [0.4, 0.5) is 0 Å². The van der Waals surface area contributed by atoms with Gasteiger partial charge in [0.2, 0.25) is 0 Å². The van der Waals surface area contributed by atoms with Gasteiger partial charge in [-0.2, -0.15) is 0 Å². The Balaban J connectivity index is 1.92. The smallest absolute Gasteiger partial charge is 0.340 e. The zero-order valence-electron chi connectivity index (χ0n) is 9.04. The van der Waals surface area contributed by atoms with E-state index in [4.69, 9.17) is 14.6 Å². The number of carbonyl (C=O) groups is 2. The van der Waals surface area contributed by atoms with Crippen molar-refractivity contribution in [2.75, 3.05) is 0 Å². The van der Waals surface area contributed by atoms with Crippen LogP contribution < -0.4 is 4.74 Å². The van der Waals surface area contributed by atoms with Gasteiger partial charge in [0.1, 0.15) is 5.75 Å². The molecule has 1 aromatic rings. The molecule has 2 atom stereocenters. The Labute approximate surface area is 98.0 Å². The standard InChI is InChI=1S/C12H12O5/c13-11(14)9-6-7-10(17-9)12(15)16-8-4-2-1-3-5-8/h1-5,9-10H,6-7H2,(H,13,14). The van der Waals surface area contributed by atoms with Crippen molar-refractivity contribution >= 4 is 11.9 Å². The fraction of sp³-hybridized carbons (Fsp3) is 0.333. The number of hydrogen-bond donors (Lipinski definition) is 1. The molecule has 0 spiro atoms. The maximum absolute atomic E-state index is 11.6. The minimum Gasteiger partial charge on any atom is -0.479 e. The predicted molar refractivity (Wildman–Crippen MR) is 57.6 cm³/mol. The topological polar surface area (TPSA) is 72.8 Å². The number of aliphatic carboxylic acids is 1. The molecule has 1 aliphatic rings. The fourth-order valence-corrected chi connectivity index (χ4v) is 1.66. The monoisotopic (exact) mass is 236 g/mol. The van der Waals surface area contributed by atoms with E-state index >= 15 is 0 Å². The number of ether oxygens (including phenoxy) is 2. The second kappa shape index (κ2) is 4.97. The van der Waals surface area contributed by atoms with Crippen LogP contribution in [0.3, 0.4) is 0 Å². The van der Waals surface area contributed by atoms with Crippen LogP contribution in [0.25, 0.3) is 0 Å². The summed E-state index contributed by atoms with van der Waals surface area (Å²) in [6, 6.07) is 8.61. The Bertz CT molecular complexity index is 414. The van der Waals surface area contributed by atoms with E-state index in [1.807, 2.05) is 6.07 Å². The Hall–Kier alpha value is -1.88. The van der Waals surface area contributed by atoms with E-state index in [0.717, 1.165) is 0 Å². The van der Waals surface area contributed by atoms with Gasteiger partial charge in [0.25, 0.3) is 0 Å². The average Bonchev–Trinajstić information content (AvgIpc) is 2.79. The van der Waals surface area contributed by atoms with Gasteiger partial charge < -0.3 is 14.6 Å². The molecule has 2 unspecified atom stereocenters. The molecule has 0 radical (unpaired) electrons. The lowest BCUT2D eigenvalue weighted by molar-refractivity contribution is -0.156. The van der Waals surface area contributed by atoms with Crippen molar-refractivity contribution in [2.45, 2.75) is 25.0 Å². The van der Waals surface area contributed by atoms with Crippen molar-refractivity contribution in [3.63, 3.8) is 0 Å². The molecule has 5 nitrogen and oxygen atoms in total. The molecule has 1 heterocycles. The van der Waals surface area contributed by atoms with Gasteiger partial charge in [0, 0.05) is 0 Å². The summed E-state index contributed by atoms with van der Waals surface area (Å²) in [5.41, 5.74) is 0. The highest BCUT2D eigenvalue weighted by molar-refractivity contribution is 5.79. The van der Waals surface area contributed by atoms with Gasteiger partial charge in [0.05, 0.1) is 0 Å². The number of carboxylic acids is 1. The van der Waals surface area contributed by atoms with Gasteiger partial charge in [-0.1, -0.05) is 18.2 Å². The second-order valence-electron chi connectivity index (χ2n) is 3.76. The molecule has 1 aromatic carbocycles. The van der Waals surface area contributed by atoms with Gasteiger partial charge in [-0.05, 0) is 25.0 Å². The summed E-state index contributed by atoms with van der Waals surface area (Å²) >= 11 is 0. The number of esters is 1. The van der Waals surface area contributed by atoms with Crippen molar-refractivity contribution in [1.82, 2.24) is 0 Å². The van der Waals surface area contributed by atoms with Crippen LogP contribution >= 0.6 is 0 Å². The highest BCUT2D eigenvalue weighted by atomic mass is 16.6. The predicted octanol–water partition coefficient (Wildman–Crippen LogP) is 1.22. The molecule has 1 fully saturated rings. The minimum absolute atomic E-state index is 0.337. The molecule has 1 aliphatic heterocycles. The first kappa shape index (κ1) is 11.6. The fourth-order valence-electron chi connectivity index (χ4n) is 1.66. The Kier molecular flexibility index (Phi) is 3.39. The third kappa shape index (κ3) is 2.82. The summed E-state index contributed by atoms with van der Waals surface area (Å²) in [6.45, 7) is 0. The first-order chi connectivity index (χ1) is 8.16. The molecule has 2 rings (SSSR count). The SMILES string of the molecule is O=C(O)C1CCC(C(=O)Oc2ccccc2)O1. The van der Waals surface area contributed by atoms with E-state index in [1.54, 1.807) is 24.3 Å². The normalized spacial score (nSPS) is 23.3. The number of para-hydroxylation sites is 1. The molecule has 17 heavy (non-hydrogen) atoms. The highest BCUT2D eigenvalue weighted by Gasteiger charge is 2.35. The van der Waals surface area contributed by atoms with E-state index in [0.29, 0.717) is 18.6 Å². The van der Waals surface area contributed by atoms with Crippen LogP contribution in [0.15, 0.2) is 30.3 Å². The van der Waals surface area contributed by atoms with Crippen LogP contribution in [0.1, 0.15) is 12.8 Å².